The van der Waals surface area contributed by atoms with Crippen molar-refractivity contribution in [2.45, 2.75) is 39.1 Å². The molecule has 3 nitrogen and oxygen atoms in total. The van der Waals surface area contributed by atoms with Crippen molar-refractivity contribution in [2.75, 3.05) is 13.2 Å². The van der Waals surface area contributed by atoms with Gasteiger partial charge in [-0.05, 0) is 25.8 Å². The van der Waals surface area contributed by atoms with E-state index in [9.17, 15) is 0 Å². The molecule has 0 aromatic carbocycles. The Hall–Kier alpha value is -0.380. The summed E-state index contributed by atoms with van der Waals surface area (Å²) in [5, 5.41) is 8.95. The molecule has 0 aliphatic carbocycles. The lowest BCUT2D eigenvalue weighted by Gasteiger charge is -2.16. The van der Waals surface area contributed by atoms with Crippen LogP contribution in [0.25, 0.3) is 0 Å². The molecule has 0 amide bonds. The van der Waals surface area contributed by atoms with E-state index >= 15 is 0 Å². The number of hydrogen-bond donors (Lipinski definition) is 1. The Bertz CT molecular complexity index is 190. The summed E-state index contributed by atoms with van der Waals surface area (Å²) in [5.41, 5.74) is 1.01. The quantitative estimate of drug-likeness (QED) is 0.678. The van der Waals surface area contributed by atoms with Crippen molar-refractivity contribution in [1.82, 2.24) is 0 Å². The molecule has 0 radical (unpaired) electrons. The van der Waals surface area contributed by atoms with Crippen LogP contribution in [0.1, 0.15) is 27.2 Å². The van der Waals surface area contributed by atoms with Gasteiger partial charge in [0.2, 0.25) is 0 Å². The average molecular weight is 186 g/mol. The van der Waals surface area contributed by atoms with E-state index in [1.54, 1.807) is 0 Å². The largest absolute Gasteiger partial charge is 0.392 e. The molecule has 76 valence electrons. The monoisotopic (exact) mass is 186 g/mol. The summed E-state index contributed by atoms with van der Waals surface area (Å²) in [4.78, 5) is 0. The fourth-order valence-corrected chi connectivity index (χ4v) is 1.34. The van der Waals surface area contributed by atoms with Crippen LogP contribution in [0.5, 0.6) is 0 Å². The third-order valence-electron chi connectivity index (χ3n) is 2.11. The van der Waals surface area contributed by atoms with Gasteiger partial charge in [-0.2, -0.15) is 0 Å². The van der Waals surface area contributed by atoms with Crippen molar-refractivity contribution in [3.63, 3.8) is 0 Å². The van der Waals surface area contributed by atoms with Crippen LogP contribution in [0.15, 0.2) is 11.6 Å². The highest BCUT2D eigenvalue weighted by atomic mass is 16.7. The van der Waals surface area contributed by atoms with Crippen molar-refractivity contribution in [2.24, 2.45) is 0 Å². The Morgan fingerprint density at radius 1 is 1.62 bits per heavy atom. The molecule has 0 aromatic rings. The van der Waals surface area contributed by atoms with E-state index in [2.05, 4.69) is 0 Å². The van der Waals surface area contributed by atoms with Crippen molar-refractivity contribution in [1.29, 1.82) is 0 Å². The van der Waals surface area contributed by atoms with Crippen LogP contribution in [0.2, 0.25) is 0 Å². The Balaban J connectivity index is 2.51. The van der Waals surface area contributed by atoms with Crippen LogP contribution >= 0.6 is 0 Å². The van der Waals surface area contributed by atoms with E-state index in [1.165, 1.54) is 0 Å². The van der Waals surface area contributed by atoms with E-state index in [0.717, 1.165) is 12.0 Å². The molecule has 1 unspecified atom stereocenters. The predicted molar refractivity (Wildman–Crippen MR) is 50.4 cm³/mol. The molecule has 1 saturated heterocycles. The van der Waals surface area contributed by atoms with E-state index in [4.69, 9.17) is 14.6 Å². The number of ether oxygens (including phenoxy) is 2. The molecular weight excluding hydrogens is 168 g/mol. The van der Waals surface area contributed by atoms with Crippen molar-refractivity contribution in [3.05, 3.63) is 11.6 Å². The molecule has 1 heterocycles. The normalized spacial score (nSPS) is 28.0. The summed E-state index contributed by atoms with van der Waals surface area (Å²) < 4.78 is 11.0. The van der Waals surface area contributed by atoms with Gasteiger partial charge in [-0.3, -0.25) is 0 Å². The standard InChI is InChI=1S/C10H18O3/c1-4-8(6-11)5-9-7-12-10(2,3)13-9/h5,9,11H,4,6-7H2,1-3H3/b8-5-. The molecule has 1 N–H and O–H groups in total. The fourth-order valence-electron chi connectivity index (χ4n) is 1.34. The molecule has 1 atom stereocenters. The summed E-state index contributed by atoms with van der Waals surface area (Å²) in [6.07, 6.45) is 2.81. The topological polar surface area (TPSA) is 38.7 Å². The SMILES string of the molecule is CC/C(=C/C1COC(C)(C)O1)CO. The Labute approximate surface area is 79.3 Å². The zero-order valence-corrected chi connectivity index (χ0v) is 8.54. The van der Waals surface area contributed by atoms with E-state index < -0.39 is 5.79 Å². The van der Waals surface area contributed by atoms with Crippen LogP contribution in [-0.4, -0.2) is 30.2 Å². The van der Waals surface area contributed by atoms with Crippen LogP contribution in [-0.2, 0) is 9.47 Å². The Morgan fingerprint density at radius 3 is 2.69 bits per heavy atom. The maximum absolute atomic E-state index is 8.95. The number of aliphatic hydroxyl groups is 1. The highest BCUT2D eigenvalue weighted by molar-refractivity contribution is 5.06. The summed E-state index contributed by atoms with van der Waals surface area (Å²) in [6, 6.07) is 0. The second-order valence-corrected chi connectivity index (χ2v) is 3.70. The molecule has 0 bridgehead atoms. The first-order chi connectivity index (χ1) is 6.07. The molecule has 3 heteroatoms. The number of hydrogen-bond acceptors (Lipinski definition) is 3. The van der Waals surface area contributed by atoms with Gasteiger partial charge in [0.1, 0.15) is 6.10 Å². The first-order valence-electron chi connectivity index (χ1n) is 4.69. The second kappa shape index (κ2) is 4.22. The van der Waals surface area contributed by atoms with E-state index in [0.29, 0.717) is 6.61 Å². The van der Waals surface area contributed by atoms with Gasteiger partial charge in [-0.15, -0.1) is 0 Å². The smallest absolute Gasteiger partial charge is 0.163 e. The maximum atomic E-state index is 8.95. The summed E-state index contributed by atoms with van der Waals surface area (Å²) in [5.74, 6) is -0.477. The molecule has 1 aliphatic rings. The van der Waals surface area contributed by atoms with Crippen LogP contribution in [0.3, 0.4) is 0 Å². The van der Waals surface area contributed by atoms with Crippen LogP contribution < -0.4 is 0 Å². The third-order valence-corrected chi connectivity index (χ3v) is 2.11. The van der Waals surface area contributed by atoms with E-state index in [1.807, 2.05) is 26.8 Å². The lowest BCUT2D eigenvalue weighted by molar-refractivity contribution is -0.133. The molecular formula is C10H18O3. The van der Waals surface area contributed by atoms with Crippen LogP contribution in [0.4, 0.5) is 0 Å². The number of rotatable bonds is 3. The van der Waals surface area contributed by atoms with Gasteiger partial charge in [-0.25, -0.2) is 0 Å². The van der Waals surface area contributed by atoms with Gasteiger partial charge in [-0.1, -0.05) is 13.0 Å². The molecule has 1 aliphatic heterocycles. The van der Waals surface area contributed by atoms with Gasteiger partial charge in [0.25, 0.3) is 0 Å². The number of aliphatic hydroxyl groups excluding tert-OH is 1. The first-order valence-corrected chi connectivity index (χ1v) is 4.69. The highest BCUT2D eigenvalue weighted by Gasteiger charge is 2.31. The lowest BCUT2D eigenvalue weighted by atomic mass is 10.1. The van der Waals surface area contributed by atoms with Crippen molar-refractivity contribution < 1.29 is 14.6 Å². The molecule has 1 fully saturated rings. The zero-order valence-electron chi connectivity index (χ0n) is 8.54. The maximum Gasteiger partial charge on any atom is 0.163 e. The van der Waals surface area contributed by atoms with Crippen LogP contribution in [0, 0.1) is 0 Å². The van der Waals surface area contributed by atoms with Gasteiger partial charge in [0.15, 0.2) is 5.79 Å². The molecule has 0 saturated carbocycles. The minimum Gasteiger partial charge on any atom is -0.392 e. The minimum absolute atomic E-state index is 0.00269. The summed E-state index contributed by atoms with van der Waals surface area (Å²) in [7, 11) is 0. The molecule has 1 rings (SSSR count). The zero-order chi connectivity index (χ0) is 9.90. The van der Waals surface area contributed by atoms with Gasteiger partial charge < -0.3 is 14.6 Å². The van der Waals surface area contributed by atoms with Crippen molar-refractivity contribution >= 4 is 0 Å². The average Bonchev–Trinajstić information content (AvgIpc) is 2.41. The summed E-state index contributed by atoms with van der Waals surface area (Å²) >= 11 is 0. The van der Waals surface area contributed by atoms with Gasteiger partial charge >= 0.3 is 0 Å². The fraction of sp³-hybridized carbons (Fsp3) is 0.800. The Kier molecular flexibility index (Phi) is 3.47. The molecule has 0 aromatic heterocycles. The Morgan fingerprint density at radius 2 is 2.31 bits per heavy atom. The second-order valence-electron chi connectivity index (χ2n) is 3.70. The minimum atomic E-state index is -0.477. The first kappa shape index (κ1) is 10.7. The van der Waals surface area contributed by atoms with Crippen molar-refractivity contribution in [3.8, 4) is 0 Å². The lowest BCUT2D eigenvalue weighted by Crippen LogP contribution is -2.21. The molecule has 13 heavy (non-hydrogen) atoms. The highest BCUT2D eigenvalue weighted by Crippen LogP contribution is 2.23. The van der Waals surface area contributed by atoms with E-state index in [-0.39, 0.29) is 12.7 Å². The third kappa shape index (κ3) is 3.10. The summed E-state index contributed by atoms with van der Waals surface area (Å²) in [6.45, 7) is 6.49. The molecule has 0 spiro atoms. The van der Waals surface area contributed by atoms with Gasteiger partial charge in [0.05, 0.1) is 13.2 Å². The van der Waals surface area contributed by atoms with Gasteiger partial charge in [0, 0.05) is 0 Å². The predicted octanol–water partition coefficient (Wildman–Crippen LogP) is 1.47.